The highest BCUT2D eigenvalue weighted by Crippen LogP contribution is 2.06. The van der Waals surface area contributed by atoms with Crippen molar-refractivity contribution in [2.45, 2.75) is 6.04 Å². The van der Waals surface area contributed by atoms with Gasteiger partial charge in [-0.05, 0) is 0 Å². The van der Waals surface area contributed by atoms with E-state index in [0.717, 1.165) is 19.6 Å². The number of carbonyl (C=O) groups is 1. The largest absolute Gasteiger partial charge is 0.347 e. The quantitative estimate of drug-likeness (QED) is 0.749. The van der Waals surface area contributed by atoms with Crippen molar-refractivity contribution in [3.05, 3.63) is 11.6 Å². The van der Waals surface area contributed by atoms with Gasteiger partial charge in [0.05, 0.1) is 0 Å². The molecule has 0 bridgehead atoms. The van der Waals surface area contributed by atoms with E-state index >= 15 is 0 Å². The van der Waals surface area contributed by atoms with Crippen molar-refractivity contribution >= 4 is 17.5 Å². The van der Waals surface area contributed by atoms with Crippen LogP contribution in [0.1, 0.15) is 0 Å². The molecule has 1 fully saturated rings. The molecule has 0 aromatic rings. The van der Waals surface area contributed by atoms with E-state index in [0.29, 0.717) is 6.54 Å². The van der Waals surface area contributed by atoms with Gasteiger partial charge in [-0.1, -0.05) is 17.7 Å². The minimum absolute atomic E-state index is 0.0679. The fraction of sp³-hybridized carbons (Fsp3) is 0.700. The maximum Gasteiger partial charge on any atom is 0.240 e. The highest BCUT2D eigenvalue weighted by Gasteiger charge is 2.28. The molecular formula is C10H18ClN3O. The van der Waals surface area contributed by atoms with Crippen LogP contribution in [-0.4, -0.2) is 62.0 Å². The summed E-state index contributed by atoms with van der Waals surface area (Å²) in [5.74, 6) is 0.144. The molecule has 1 saturated heterocycles. The molecule has 0 aliphatic carbocycles. The first-order chi connectivity index (χ1) is 7.16. The van der Waals surface area contributed by atoms with E-state index in [4.69, 9.17) is 11.6 Å². The lowest BCUT2D eigenvalue weighted by Crippen LogP contribution is -2.57. The Labute approximate surface area is 95.9 Å². The molecule has 1 unspecified atom stereocenters. The van der Waals surface area contributed by atoms with E-state index in [-0.39, 0.29) is 11.9 Å². The van der Waals surface area contributed by atoms with E-state index in [1.54, 1.807) is 19.0 Å². The Morgan fingerprint density at radius 3 is 3.00 bits per heavy atom. The highest BCUT2D eigenvalue weighted by atomic mass is 35.5. The summed E-state index contributed by atoms with van der Waals surface area (Å²) < 4.78 is 0. The standard InChI is InChI=1S/C10H18ClN3O/c1-13(2)10(15)9-8-12-5-7-14(9)6-3-4-11/h3-4,9,12H,5-8H2,1-2H3. The number of piperazine rings is 1. The summed E-state index contributed by atoms with van der Waals surface area (Å²) in [7, 11) is 3.57. The Hall–Kier alpha value is -0.580. The molecular weight excluding hydrogens is 214 g/mol. The fourth-order valence-corrected chi connectivity index (χ4v) is 1.76. The predicted octanol–water partition coefficient (Wildman–Crippen LogP) is 0.101. The third-order valence-electron chi connectivity index (χ3n) is 2.51. The lowest BCUT2D eigenvalue weighted by atomic mass is 10.1. The smallest absolute Gasteiger partial charge is 0.240 e. The Morgan fingerprint density at radius 1 is 1.67 bits per heavy atom. The molecule has 1 N–H and O–H groups in total. The number of nitrogens with one attached hydrogen (secondary N) is 1. The number of nitrogens with zero attached hydrogens (tertiary/aromatic N) is 2. The summed E-state index contributed by atoms with van der Waals surface area (Å²) in [5.41, 5.74) is 1.50. The molecule has 1 rings (SSSR count). The number of halogens is 1. The summed E-state index contributed by atoms with van der Waals surface area (Å²) in [6.45, 7) is 3.25. The van der Waals surface area contributed by atoms with E-state index in [1.807, 2.05) is 6.08 Å². The maximum atomic E-state index is 11.9. The van der Waals surface area contributed by atoms with Crippen LogP contribution in [0.3, 0.4) is 0 Å². The van der Waals surface area contributed by atoms with E-state index in [2.05, 4.69) is 10.2 Å². The molecule has 86 valence electrons. The number of likely N-dealkylation sites (N-methyl/N-ethyl adjacent to an activating group) is 1. The first kappa shape index (κ1) is 12.5. The Morgan fingerprint density at radius 2 is 2.40 bits per heavy atom. The van der Waals surface area contributed by atoms with Gasteiger partial charge in [-0.2, -0.15) is 0 Å². The Bertz CT molecular complexity index is 243. The van der Waals surface area contributed by atoms with Crippen molar-refractivity contribution in [2.24, 2.45) is 0 Å². The van der Waals surface area contributed by atoms with Crippen molar-refractivity contribution < 1.29 is 4.79 Å². The molecule has 15 heavy (non-hydrogen) atoms. The van der Waals surface area contributed by atoms with E-state index < -0.39 is 0 Å². The first-order valence-corrected chi connectivity index (χ1v) is 5.51. The van der Waals surface area contributed by atoms with Gasteiger partial charge in [-0.3, -0.25) is 9.69 Å². The second-order valence-corrected chi connectivity index (χ2v) is 4.06. The van der Waals surface area contributed by atoms with Crippen molar-refractivity contribution in [3.8, 4) is 0 Å². The molecule has 1 atom stereocenters. The number of amides is 1. The zero-order valence-electron chi connectivity index (χ0n) is 9.24. The zero-order valence-corrected chi connectivity index (χ0v) is 10.00. The third kappa shape index (κ3) is 3.48. The number of carbonyl (C=O) groups excluding carboxylic acids is 1. The molecule has 1 amide bonds. The minimum atomic E-state index is -0.0679. The summed E-state index contributed by atoms with van der Waals surface area (Å²) >= 11 is 5.49. The molecule has 1 aliphatic heterocycles. The van der Waals surface area contributed by atoms with E-state index in [1.165, 1.54) is 5.54 Å². The molecule has 0 aromatic carbocycles. The summed E-state index contributed by atoms with van der Waals surface area (Å²) in [6, 6.07) is -0.0679. The first-order valence-electron chi connectivity index (χ1n) is 5.08. The Kier molecular flexibility index (Phi) is 5.08. The third-order valence-corrected chi connectivity index (χ3v) is 2.69. The van der Waals surface area contributed by atoms with E-state index in [9.17, 15) is 4.79 Å². The summed E-state index contributed by atoms with van der Waals surface area (Å²) in [4.78, 5) is 15.6. The topological polar surface area (TPSA) is 35.6 Å². The van der Waals surface area contributed by atoms with Crippen molar-refractivity contribution in [1.29, 1.82) is 0 Å². The van der Waals surface area contributed by atoms with Crippen LogP contribution in [-0.2, 0) is 4.79 Å². The van der Waals surface area contributed by atoms with Crippen LogP contribution in [0.2, 0.25) is 0 Å². The average Bonchev–Trinajstić information content (AvgIpc) is 2.25. The lowest BCUT2D eigenvalue weighted by molar-refractivity contribution is -0.134. The van der Waals surface area contributed by atoms with Gasteiger partial charge in [0, 0.05) is 45.8 Å². The van der Waals surface area contributed by atoms with Crippen LogP contribution in [0, 0.1) is 0 Å². The molecule has 0 saturated carbocycles. The minimum Gasteiger partial charge on any atom is -0.347 e. The van der Waals surface area contributed by atoms with Gasteiger partial charge >= 0.3 is 0 Å². The van der Waals surface area contributed by atoms with Crippen LogP contribution in [0.4, 0.5) is 0 Å². The van der Waals surface area contributed by atoms with Crippen LogP contribution in [0.25, 0.3) is 0 Å². The lowest BCUT2D eigenvalue weighted by Gasteiger charge is -2.35. The summed E-state index contributed by atoms with van der Waals surface area (Å²) in [6.07, 6.45) is 1.86. The van der Waals surface area contributed by atoms with Crippen LogP contribution >= 0.6 is 11.6 Å². The molecule has 5 heteroatoms. The molecule has 1 heterocycles. The van der Waals surface area contributed by atoms with Crippen LogP contribution in [0.15, 0.2) is 11.6 Å². The maximum absolute atomic E-state index is 11.9. The number of hydrogen-bond acceptors (Lipinski definition) is 3. The van der Waals surface area contributed by atoms with Gasteiger partial charge in [0.2, 0.25) is 5.91 Å². The molecule has 0 aromatic heterocycles. The predicted molar refractivity (Wildman–Crippen MR) is 61.9 cm³/mol. The molecule has 0 radical (unpaired) electrons. The average molecular weight is 232 g/mol. The van der Waals surface area contributed by atoms with Gasteiger partial charge in [-0.15, -0.1) is 0 Å². The summed E-state index contributed by atoms with van der Waals surface area (Å²) in [5, 5.41) is 3.23. The van der Waals surface area contributed by atoms with Gasteiger partial charge in [0.25, 0.3) is 0 Å². The highest BCUT2D eigenvalue weighted by molar-refractivity contribution is 6.25. The fourth-order valence-electron chi connectivity index (χ4n) is 1.68. The van der Waals surface area contributed by atoms with Gasteiger partial charge < -0.3 is 10.2 Å². The van der Waals surface area contributed by atoms with Gasteiger partial charge in [-0.25, -0.2) is 0 Å². The van der Waals surface area contributed by atoms with Crippen molar-refractivity contribution in [1.82, 2.24) is 15.1 Å². The number of rotatable bonds is 3. The SMILES string of the molecule is CN(C)C(=O)C1CNCCN1CC=CCl. The van der Waals surface area contributed by atoms with Gasteiger partial charge in [0.15, 0.2) is 0 Å². The second kappa shape index (κ2) is 6.10. The Balaban J connectivity index is 2.60. The van der Waals surface area contributed by atoms with Crippen molar-refractivity contribution in [2.75, 3.05) is 40.3 Å². The molecule has 1 aliphatic rings. The molecule has 0 spiro atoms. The zero-order chi connectivity index (χ0) is 11.3. The normalized spacial score (nSPS) is 23.3. The monoisotopic (exact) mass is 231 g/mol. The van der Waals surface area contributed by atoms with Crippen LogP contribution < -0.4 is 5.32 Å². The molecule has 4 nitrogen and oxygen atoms in total. The number of hydrogen-bond donors (Lipinski definition) is 1. The van der Waals surface area contributed by atoms with Crippen molar-refractivity contribution in [3.63, 3.8) is 0 Å². The second-order valence-electron chi connectivity index (χ2n) is 3.81. The van der Waals surface area contributed by atoms with Gasteiger partial charge in [0.1, 0.15) is 6.04 Å². The van der Waals surface area contributed by atoms with Crippen LogP contribution in [0.5, 0.6) is 0 Å².